The molecule has 2 N–H and O–H groups in total. The molecule has 8 nitrogen and oxygen atoms in total. The Balaban J connectivity index is 1.51. The number of aromatic nitrogens is 1. The summed E-state index contributed by atoms with van der Waals surface area (Å²) in [4.78, 5) is 16.3. The Morgan fingerprint density at radius 1 is 1.13 bits per heavy atom. The second kappa shape index (κ2) is 12.2. The molecule has 1 aromatic heterocycles. The number of nitrogens with zero attached hydrogens (tertiary/aromatic N) is 5. The Morgan fingerprint density at radius 3 is 2.55 bits per heavy atom. The molecule has 1 atom stereocenters. The molecule has 0 bridgehead atoms. The van der Waals surface area contributed by atoms with Crippen LogP contribution in [0.2, 0.25) is 0 Å². The third-order valence-electron chi connectivity index (χ3n) is 6.13. The number of piperazine rings is 1. The van der Waals surface area contributed by atoms with Gasteiger partial charge in [-0.15, -0.1) is 0 Å². The number of ether oxygens (including phenoxy) is 1. The molecule has 3 rings (SSSR count). The summed E-state index contributed by atoms with van der Waals surface area (Å²) in [5.74, 6) is 2.58. The normalized spacial score (nSPS) is 20.2. The van der Waals surface area contributed by atoms with Gasteiger partial charge in [-0.05, 0) is 37.1 Å². The lowest BCUT2D eigenvalue weighted by Crippen LogP contribution is -2.51. The molecule has 2 fully saturated rings. The second-order valence-corrected chi connectivity index (χ2v) is 9.05. The molecule has 0 spiro atoms. The van der Waals surface area contributed by atoms with Crippen molar-refractivity contribution >= 4 is 11.8 Å². The quantitative estimate of drug-likeness (QED) is 0.474. The molecule has 2 aliphatic heterocycles. The van der Waals surface area contributed by atoms with Gasteiger partial charge >= 0.3 is 0 Å². The van der Waals surface area contributed by atoms with E-state index in [1.54, 1.807) is 0 Å². The van der Waals surface area contributed by atoms with Gasteiger partial charge in [0.2, 0.25) is 0 Å². The number of nitrogens with one attached hydrogen (secondary N) is 2. The molecule has 1 unspecified atom stereocenters. The summed E-state index contributed by atoms with van der Waals surface area (Å²) in [6.45, 7) is 14.1. The van der Waals surface area contributed by atoms with Gasteiger partial charge in [0.05, 0.1) is 13.2 Å². The molecule has 0 aliphatic carbocycles. The van der Waals surface area contributed by atoms with Gasteiger partial charge in [0.15, 0.2) is 5.96 Å². The lowest BCUT2D eigenvalue weighted by molar-refractivity contribution is 0.0132. The topological polar surface area (TPSA) is 68.3 Å². The molecule has 1 aromatic rings. The molecule has 0 saturated carbocycles. The fraction of sp³-hybridized carbons (Fsp3) is 0.739. The van der Waals surface area contributed by atoms with Gasteiger partial charge in [-0.3, -0.25) is 9.89 Å². The number of anilines is 1. The number of rotatable bonds is 8. The van der Waals surface area contributed by atoms with Crippen molar-refractivity contribution in [3.05, 3.63) is 23.9 Å². The molecule has 0 radical (unpaired) electrons. The first-order valence-electron chi connectivity index (χ1n) is 11.7. The summed E-state index contributed by atoms with van der Waals surface area (Å²) < 4.78 is 5.54. The van der Waals surface area contributed by atoms with Crippen LogP contribution >= 0.6 is 0 Å². The largest absolute Gasteiger partial charge is 0.379 e. The maximum absolute atomic E-state index is 5.54. The lowest BCUT2D eigenvalue weighted by Gasteiger charge is -2.35. The van der Waals surface area contributed by atoms with Crippen LogP contribution < -0.4 is 15.5 Å². The van der Waals surface area contributed by atoms with Gasteiger partial charge in [-0.1, -0.05) is 13.8 Å². The van der Waals surface area contributed by atoms with Crippen LogP contribution in [0.3, 0.4) is 0 Å². The van der Waals surface area contributed by atoms with E-state index >= 15 is 0 Å². The van der Waals surface area contributed by atoms with Gasteiger partial charge in [0.1, 0.15) is 5.82 Å². The standard InChI is InChI=1S/C23H41N7O/c1-19(2)15-21(29-11-13-31-14-12-29)18-27-23(24-3)26-17-20-5-6-25-22(16-20)30-9-7-28(4)8-10-30/h5-6,16,19,21H,7-15,17-18H2,1-4H3,(H2,24,26,27). The Labute approximate surface area is 188 Å². The predicted octanol–water partition coefficient (Wildman–Crippen LogP) is 1.25. The van der Waals surface area contributed by atoms with Crippen molar-refractivity contribution in [3.8, 4) is 0 Å². The van der Waals surface area contributed by atoms with Crippen molar-refractivity contribution in [2.24, 2.45) is 10.9 Å². The zero-order valence-corrected chi connectivity index (χ0v) is 19.8. The monoisotopic (exact) mass is 431 g/mol. The van der Waals surface area contributed by atoms with Crippen molar-refractivity contribution in [1.82, 2.24) is 25.4 Å². The Kier molecular flexibility index (Phi) is 9.36. The number of hydrogen-bond donors (Lipinski definition) is 2. The van der Waals surface area contributed by atoms with Crippen LogP contribution in [-0.4, -0.2) is 99.9 Å². The highest BCUT2D eigenvalue weighted by Crippen LogP contribution is 2.15. The Morgan fingerprint density at radius 2 is 1.87 bits per heavy atom. The van der Waals surface area contributed by atoms with E-state index in [0.717, 1.165) is 77.3 Å². The van der Waals surface area contributed by atoms with Crippen molar-refractivity contribution < 1.29 is 4.74 Å². The molecule has 2 aliphatic rings. The number of hydrogen-bond acceptors (Lipinski definition) is 6. The summed E-state index contributed by atoms with van der Waals surface area (Å²) in [5, 5.41) is 7.03. The first-order chi connectivity index (χ1) is 15.0. The average Bonchev–Trinajstić information content (AvgIpc) is 2.79. The van der Waals surface area contributed by atoms with Gasteiger partial charge in [-0.25, -0.2) is 4.98 Å². The second-order valence-electron chi connectivity index (χ2n) is 9.05. The van der Waals surface area contributed by atoms with E-state index in [0.29, 0.717) is 12.0 Å². The maximum atomic E-state index is 5.54. The predicted molar refractivity (Wildman–Crippen MR) is 128 cm³/mol. The van der Waals surface area contributed by atoms with Gasteiger partial charge in [0.25, 0.3) is 0 Å². The fourth-order valence-electron chi connectivity index (χ4n) is 4.25. The number of pyridine rings is 1. The molecular formula is C23H41N7O. The van der Waals surface area contributed by atoms with Crippen molar-refractivity contribution in [3.63, 3.8) is 0 Å². The van der Waals surface area contributed by atoms with Gasteiger partial charge < -0.3 is 25.2 Å². The number of guanidine groups is 1. The summed E-state index contributed by atoms with van der Waals surface area (Å²) in [6, 6.07) is 4.77. The van der Waals surface area contributed by atoms with Crippen LogP contribution in [0.15, 0.2) is 23.3 Å². The van der Waals surface area contributed by atoms with E-state index in [-0.39, 0.29) is 0 Å². The minimum atomic E-state index is 0.493. The fourth-order valence-corrected chi connectivity index (χ4v) is 4.25. The number of aliphatic imine (C=N–C) groups is 1. The number of morpholine rings is 1. The van der Waals surface area contributed by atoms with E-state index in [1.165, 1.54) is 12.0 Å². The van der Waals surface area contributed by atoms with E-state index in [2.05, 4.69) is 68.3 Å². The van der Waals surface area contributed by atoms with E-state index < -0.39 is 0 Å². The summed E-state index contributed by atoms with van der Waals surface area (Å²) in [5.41, 5.74) is 1.22. The average molecular weight is 432 g/mol. The molecule has 174 valence electrons. The minimum absolute atomic E-state index is 0.493. The summed E-state index contributed by atoms with van der Waals surface area (Å²) in [7, 11) is 4.01. The molecule has 2 saturated heterocycles. The molecule has 8 heteroatoms. The zero-order chi connectivity index (χ0) is 22.1. The van der Waals surface area contributed by atoms with E-state index in [4.69, 9.17) is 4.74 Å². The van der Waals surface area contributed by atoms with Gasteiger partial charge in [-0.2, -0.15) is 0 Å². The smallest absolute Gasteiger partial charge is 0.191 e. The molecular weight excluding hydrogens is 390 g/mol. The Hall–Kier alpha value is -1.90. The Bertz CT molecular complexity index is 682. The molecule has 0 aromatic carbocycles. The van der Waals surface area contributed by atoms with Crippen LogP contribution in [-0.2, 0) is 11.3 Å². The molecule has 3 heterocycles. The van der Waals surface area contributed by atoms with Crippen LogP contribution in [0.4, 0.5) is 5.82 Å². The van der Waals surface area contributed by atoms with E-state index in [1.807, 2.05) is 13.2 Å². The summed E-state index contributed by atoms with van der Waals surface area (Å²) >= 11 is 0. The first kappa shape index (κ1) is 23.8. The third-order valence-corrected chi connectivity index (χ3v) is 6.13. The van der Waals surface area contributed by atoms with Crippen LogP contribution in [0.5, 0.6) is 0 Å². The number of likely N-dealkylation sites (N-methyl/N-ethyl adjacent to an activating group) is 1. The van der Waals surface area contributed by atoms with Crippen LogP contribution in [0.25, 0.3) is 0 Å². The van der Waals surface area contributed by atoms with E-state index in [9.17, 15) is 0 Å². The first-order valence-corrected chi connectivity index (χ1v) is 11.7. The van der Waals surface area contributed by atoms with Crippen molar-refractivity contribution in [2.45, 2.75) is 32.9 Å². The highest BCUT2D eigenvalue weighted by atomic mass is 16.5. The summed E-state index contributed by atoms with van der Waals surface area (Å²) in [6.07, 6.45) is 3.08. The highest BCUT2D eigenvalue weighted by molar-refractivity contribution is 5.79. The minimum Gasteiger partial charge on any atom is -0.379 e. The van der Waals surface area contributed by atoms with Gasteiger partial charge in [0, 0.05) is 71.6 Å². The maximum Gasteiger partial charge on any atom is 0.191 e. The van der Waals surface area contributed by atoms with Crippen molar-refractivity contribution in [1.29, 1.82) is 0 Å². The van der Waals surface area contributed by atoms with Crippen LogP contribution in [0.1, 0.15) is 25.8 Å². The molecule has 0 amide bonds. The highest BCUT2D eigenvalue weighted by Gasteiger charge is 2.22. The SMILES string of the molecule is CN=C(NCc1ccnc(N2CCN(C)CC2)c1)NCC(CC(C)C)N1CCOCC1. The third kappa shape index (κ3) is 7.63. The molecule has 31 heavy (non-hydrogen) atoms. The van der Waals surface area contributed by atoms with Crippen LogP contribution in [0, 0.1) is 5.92 Å². The lowest BCUT2D eigenvalue weighted by atomic mass is 10.0. The zero-order valence-electron chi connectivity index (χ0n) is 19.8. The van der Waals surface area contributed by atoms with Crippen molar-refractivity contribution in [2.75, 3.05) is 78.0 Å².